The van der Waals surface area contributed by atoms with Crippen molar-refractivity contribution in [3.63, 3.8) is 0 Å². The predicted molar refractivity (Wildman–Crippen MR) is 58.5 cm³/mol. The van der Waals surface area contributed by atoms with Gasteiger partial charge in [0.2, 0.25) is 0 Å². The van der Waals surface area contributed by atoms with Crippen LogP contribution in [0, 0.1) is 0 Å². The smallest absolute Gasteiger partial charge is 0.174 e. The van der Waals surface area contributed by atoms with Crippen LogP contribution < -0.4 is 0 Å². The van der Waals surface area contributed by atoms with Crippen molar-refractivity contribution in [2.45, 2.75) is 45.4 Å². The SMILES string of the molecule is CCCCC(CC)c1ccsc1O. The highest BCUT2D eigenvalue weighted by atomic mass is 32.1. The molecule has 0 aliphatic heterocycles. The number of hydrogen-bond acceptors (Lipinski definition) is 2. The van der Waals surface area contributed by atoms with E-state index in [9.17, 15) is 5.11 Å². The van der Waals surface area contributed by atoms with Gasteiger partial charge in [-0.25, -0.2) is 0 Å². The molecule has 0 saturated heterocycles. The molecule has 1 N–H and O–H groups in total. The van der Waals surface area contributed by atoms with E-state index in [4.69, 9.17) is 0 Å². The van der Waals surface area contributed by atoms with Crippen molar-refractivity contribution in [1.29, 1.82) is 0 Å². The minimum atomic E-state index is 0.517. The largest absolute Gasteiger partial charge is 0.499 e. The van der Waals surface area contributed by atoms with Crippen LogP contribution in [0.5, 0.6) is 5.06 Å². The van der Waals surface area contributed by atoms with Gasteiger partial charge in [-0.1, -0.05) is 26.7 Å². The molecule has 0 fully saturated rings. The summed E-state index contributed by atoms with van der Waals surface area (Å²) in [6.07, 6.45) is 4.83. The highest BCUT2D eigenvalue weighted by Crippen LogP contribution is 2.35. The summed E-state index contributed by atoms with van der Waals surface area (Å²) in [5.41, 5.74) is 1.15. The molecular weight excluding hydrogens is 180 g/mol. The molecule has 0 saturated carbocycles. The van der Waals surface area contributed by atoms with E-state index in [0.717, 1.165) is 12.0 Å². The molecule has 0 aliphatic carbocycles. The van der Waals surface area contributed by atoms with Crippen LogP contribution in [0.4, 0.5) is 0 Å². The lowest BCUT2D eigenvalue weighted by molar-refractivity contribution is 0.467. The van der Waals surface area contributed by atoms with E-state index in [0.29, 0.717) is 11.0 Å². The van der Waals surface area contributed by atoms with E-state index in [1.807, 2.05) is 5.38 Å². The second kappa shape index (κ2) is 5.28. The van der Waals surface area contributed by atoms with Gasteiger partial charge in [-0.2, -0.15) is 0 Å². The van der Waals surface area contributed by atoms with Crippen molar-refractivity contribution in [2.24, 2.45) is 0 Å². The highest BCUT2D eigenvalue weighted by Gasteiger charge is 2.13. The number of hydrogen-bond donors (Lipinski definition) is 1. The molecule has 0 aliphatic rings. The van der Waals surface area contributed by atoms with Crippen LogP contribution in [-0.4, -0.2) is 5.11 Å². The lowest BCUT2D eigenvalue weighted by atomic mass is 9.93. The Balaban J connectivity index is 2.61. The standard InChI is InChI=1S/C11H18OS/c1-3-5-6-9(4-2)10-7-8-13-11(10)12/h7-9,12H,3-6H2,1-2H3. The van der Waals surface area contributed by atoms with Crippen LogP contribution in [0.15, 0.2) is 11.4 Å². The van der Waals surface area contributed by atoms with Gasteiger partial charge in [0, 0.05) is 5.56 Å². The number of aromatic hydroxyl groups is 1. The molecule has 1 atom stereocenters. The zero-order chi connectivity index (χ0) is 9.68. The summed E-state index contributed by atoms with van der Waals surface area (Å²) in [5, 5.41) is 12.1. The molecule has 0 aromatic carbocycles. The lowest BCUT2D eigenvalue weighted by Gasteiger charge is -2.12. The molecule has 0 bridgehead atoms. The topological polar surface area (TPSA) is 20.2 Å². The third kappa shape index (κ3) is 2.73. The van der Waals surface area contributed by atoms with Crippen LogP contribution in [-0.2, 0) is 0 Å². The molecule has 2 heteroatoms. The number of rotatable bonds is 5. The average molecular weight is 198 g/mol. The molecule has 0 amide bonds. The predicted octanol–water partition coefficient (Wildman–Crippen LogP) is 4.14. The Bertz CT molecular complexity index is 242. The fourth-order valence-electron chi connectivity index (χ4n) is 1.65. The Kier molecular flexibility index (Phi) is 4.29. The van der Waals surface area contributed by atoms with Crippen molar-refractivity contribution in [2.75, 3.05) is 0 Å². The summed E-state index contributed by atoms with van der Waals surface area (Å²) in [5.74, 6) is 0.561. The maximum Gasteiger partial charge on any atom is 0.174 e. The monoisotopic (exact) mass is 198 g/mol. The van der Waals surface area contributed by atoms with Gasteiger partial charge in [0.25, 0.3) is 0 Å². The summed E-state index contributed by atoms with van der Waals surface area (Å²) in [7, 11) is 0. The third-order valence-electron chi connectivity index (χ3n) is 2.51. The minimum absolute atomic E-state index is 0.517. The molecule has 0 radical (unpaired) electrons. The Morgan fingerprint density at radius 2 is 2.23 bits per heavy atom. The van der Waals surface area contributed by atoms with Crippen LogP contribution in [0.25, 0.3) is 0 Å². The fraction of sp³-hybridized carbons (Fsp3) is 0.636. The molecule has 1 aromatic heterocycles. The lowest BCUT2D eigenvalue weighted by Crippen LogP contribution is -1.95. The van der Waals surface area contributed by atoms with E-state index in [2.05, 4.69) is 19.9 Å². The van der Waals surface area contributed by atoms with Crippen molar-refractivity contribution in [1.82, 2.24) is 0 Å². The Hall–Kier alpha value is -0.500. The van der Waals surface area contributed by atoms with Gasteiger partial charge < -0.3 is 5.11 Å². The second-order valence-corrected chi connectivity index (χ2v) is 4.32. The Morgan fingerprint density at radius 1 is 1.46 bits per heavy atom. The Labute approximate surface area is 84.4 Å². The zero-order valence-electron chi connectivity index (χ0n) is 8.42. The van der Waals surface area contributed by atoms with Crippen LogP contribution >= 0.6 is 11.3 Å². The maximum atomic E-state index is 9.57. The first-order valence-corrected chi connectivity index (χ1v) is 5.93. The normalized spacial score (nSPS) is 13.1. The second-order valence-electron chi connectivity index (χ2n) is 3.43. The third-order valence-corrected chi connectivity index (χ3v) is 3.24. The quantitative estimate of drug-likeness (QED) is 0.754. The van der Waals surface area contributed by atoms with E-state index in [1.54, 1.807) is 0 Å². The van der Waals surface area contributed by atoms with Crippen LogP contribution in [0.3, 0.4) is 0 Å². The van der Waals surface area contributed by atoms with Gasteiger partial charge in [0.05, 0.1) is 0 Å². The molecule has 1 heterocycles. The molecule has 0 spiro atoms. The van der Waals surface area contributed by atoms with Gasteiger partial charge in [-0.3, -0.25) is 0 Å². The van der Waals surface area contributed by atoms with E-state index in [-0.39, 0.29) is 0 Å². The number of unbranched alkanes of at least 4 members (excludes halogenated alkanes) is 1. The molecule has 74 valence electrons. The first-order valence-electron chi connectivity index (χ1n) is 5.05. The molecule has 1 nitrogen and oxygen atoms in total. The van der Waals surface area contributed by atoms with Gasteiger partial charge in [-0.05, 0) is 30.2 Å². The van der Waals surface area contributed by atoms with E-state index >= 15 is 0 Å². The van der Waals surface area contributed by atoms with Crippen LogP contribution in [0.1, 0.15) is 51.0 Å². The first-order chi connectivity index (χ1) is 6.29. The number of thiophene rings is 1. The summed E-state index contributed by atoms with van der Waals surface area (Å²) in [6, 6.07) is 2.06. The van der Waals surface area contributed by atoms with Crippen molar-refractivity contribution in [3.05, 3.63) is 17.0 Å². The van der Waals surface area contributed by atoms with Gasteiger partial charge in [-0.15, -0.1) is 11.3 Å². The Morgan fingerprint density at radius 3 is 2.69 bits per heavy atom. The molecule has 13 heavy (non-hydrogen) atoms. The molecular formula is C11H18OS. The minimum Gasteiger partial charge on any atom is -0.499 e. The van der Waals surface area contributed by atoms with Crippen LogP contribution in [0.2, 0.25) is 0 Å². The highest BCUT2D eigenvalue weighted by molar-refractivity contribution is 7.11. The summed E-state index contributed by atoms with van der Waals surface area (Å²) >= 11 is 1.44. The van der Waals surface area contributed by atoms with Gasteiger partial charge >= 0.3 is 0 Å². The summed E-state index contributed by atoms with van der Waals surface area (Å²) in [4.78, 5) is 0. The molecule has 1 rings (SSSR count). The van der Waals surface area contributed by atoms with Gasteiger partial charge in [0.1, 0.15) is 0 Å². The van der Waals surface area contributed by atoms with E-state index in [1.165, 1.54) is 30.6 Å². The summed E-state index contributed by atoms with van der Waals surface area (Å²) < 4.78 is 0. The summed E-state index contributed by atoms with van der Waals surface area (Å²) in [6.45, 7) is 4.40. The molecule has 1 aromatic rings. The van der Waals surface area contributed by atoms with Gasteiger partial charge in [0.15, 0.2) is 5.06 Å². The molecule has 1 unspecified atom stereocenters. The van der Waals surface area contributed by atoms with Crippen molar-refractivity contribution >= 4 is 11.3 Å². The fourth-order valence-corrected chi connectivity index (χ4v) is 2.37. The van der Waals surface area contributed by atoms with Crippen molar-refractivity contribution in [3.8, 4) is 5.06 Å². The zero-order valence-corrected chi connectivity index (χ0v) is 9.23. The maximum absolute atomic E-state index is 9.57. The van der Waals surface area contributed by atoms with Crippen molar-refractivity contribution < 1.29 is 5.11 Å². The van der Waals surface area contributed by atoms with E-state index < -0.39 is 0 Å². The average Bonchev–Trinajstić information content (AvgIpc) is 2.54. The first kappa shape index (κ1) is 10.6.